The van der Waals surface area contributed by atoms with Crippen molar-refractivity contribution in [3.63, 3.8) is 0 Å². The van der Waals surface area contributed by atoms with Crippen LogP contribution in [0.5, 0.6) is 0 Å². The first kappa shape index (κ1) is 16.0. The molecule has 21 heavy (non-hydrogen) atoms. The Balaban J connectivity index is 2.23. The van der Waals surface area contributed by atoms with Crippen molar-refractivity contribution in [2.45, 2.75) is 26.2 Å². The molecule has 0 radical (unpaired) electrons. The molecule has 0 aliphatic rings. The summed E-state index contributed by atoms with van der Waals surface area (Å²) >= 11 is 6.20. The van der Waals surface area contributed by atoms with E-state index in [-0.39, 0.29) is 11.7 Å². The number of hydrogen-bond acceptors (Lipinski definition) is 1. The maximum absolute atomic E-state index is 13.4. The first-order valence-corrected chi connectivity index (χ1v) is 7.69. The highest BCUT2D eigenvalue weighted by Gasteiger charge is 2.14. The fraction of sp³-hybridized carbons (Fsp3) is 0.333. The van der Waals surface area contributed by atoms with Crippen molar-refractivity contribution in [3.8, 4) is 0 Å². The Kier molecular flexibility index (Phi) is 5.77. The van der Waals surface area contributed by atoms with Gasteiger partial charge < -0.3 is 5.32 Å². The molecule has 0 saturated carbocycles. The van der Waals surface area contributed by atoms with Gasteiger partial charge in [0.2, 0.25) is 0 Å². The average Bonchev–Trinajstić information content (AvgIpc) is 2.48. The van der Waals surface area contributed by atoms with Gasteiger partial charge in [-0.25, -0.2) is 4.39 Å². The van der Waals surface area contributed by atoms with Crippen molar-refractivity contribution in [3.05, 3.63) is 70.0 Å². The zero-order valence-electron chi connectivity index (χ0n) is 12.5. The summed E-state index contributed by atoms with van der Waals surface area (Å²) in [7, 11) is 0. The molecule has 3 heteroatoms. The van der Waals surface area contributed by atoms with Gasteiger partial charge in [0, 0.05) is 17.5 Å². The normalized spacial score (nSPS) is 12.4. The van der Waals surface area contributed by atoms with Gasteiger partial charge in [-0.05, 0) is 49.2 Å². The Morgan fingerprint density at radius 1 is 1.14 bits per heavy atom. The lowest BCUT2D eigenvalue weighted by Gasteiger charge is -2.19. The molecule has 0 amide bonds. The van der Waals surface area contributed by atoms with E-state index in [0.29, 0.717) is 5.02 Å². The second-order valence-corrected chi connectivity index (χ2v) is 5.76. The van der Waals surface area contributed by atoms with E-state index in [0.717, 1.165) is 25.1 Å². The average molecular weight is 306 g/mol. The van der Waals surface area contributed by atoms with Crippen LogP contribution in [0.2, 0.25) is 5.02 Å². The number of aryl methyl sites for hydroxylation is 1. The van der Waals surface area contributed by atoms with Gasteiger partial charge in [-0.2, -0.15) is 0 Å². The van der Waals surface area contributed by atoms with Crippen LogP contribution < -0.4 is 5.32 Å². The van der Waals surface area contributed by atoms with Crippen LogP contribution in [0.1, 0.15) is 29.5 Å². The summed E-state index contributed by atoms with van der Waals surface area (Å²) in [5.74, 6) is 0.0466. The molecular formula is C18H21ClFN. The highest BCUT2D eigenvalue weighted by atomic mass is 35.5. The summed E-state index contributed by atoms with van der Waals surface area (Å²) in [6, 6.07) is 13.1. The molecule has 0 saturated heterocycles. The van der Waals surface area contributed by atoms with Crippen LogP contribution >= 0.6 is 11.6 Å². The minimum atomic E-state index is -0.236. The third-order valence-electron chi connectivity index (χ3n) is 3.66. The van der Waals surface area contributed by atoms with Gasteiger partial charge in [-0.1, -0.05) is 48.4 Å². The zero-order valence-corrected chi connectivity index (χ0v) is 13.3. The van der Waals surface area contributed by atoms with Crippen LogP contribution in [-0.2, 0) is 6.42 Å². The molecule has 0 bridgehead atoms. The molecule has 1 nitrogen and oxygen atoms in total. The summed E-state index contributed by atoms with van der Waals surface area (Å²) < 4.78 is 13.4. The zero-order chi connectivity index (χ0) is 15.2. The maximum atomic E-state index is 13.4. The summed E-state index contributed by atoms with van der Waals surface area (Å²) in [6.45, 7) is 5.93. The van der Waals surface area contributed by atoms with Crippen molar-refractivity contribution >= 4 is 11.6 Å². The van der Waals surface area contributed by atoms with Crippen LogP contribution in [0, 0.1) is 12.7 Å². The minimum absolute atomic E-state index is 0.236. The van der Waals surface area contributed by atoms with Crippen LogP contribution in [-0.4, -0.2) is 13.1 Å². The molecule has 0 spiro atoms. The van der Waals surface area contributed by atoms with E-state index in [4.69, 9.17) is 11.6 Å². The number of likely N-dealkylation sites (N-methyl/N-ethyl adjacent to an activating group) is 1. The van der Waals surface area contributed by atoms with E-state index >= 15 is 0 Å². The maximum Gasteiger partial charge on any atom is 0.123 e. The number of nitrogens with one attached hydrogen (secondary N) is 1. The number of rotatable bonds is 6. The molecule has 0 aliphatic carbocycles. The van der Waals surface area contributed by atoms with E-state index in [1.165, 1.54) is 23.3 Å². The molecule has 2 aromatic carbocycles. The molecule has 0 fully saturated rings. The first-order valence-electron chi connectivity index (χ1n) is 7.31. The van der Waals surface area contributed by atoms with E-state index in [1.54, 1.807) is 6.07 Å². The lowest BCUT2D eigenvalue weighted by molar-refractivity contribution is 0.588. The Morgan fingerprint density at radius 2 is 1.86 bits per heavy atom. The van der Waals surface area contributed by atoms with Crippen LogP contribution in [0.15, 0.2) is 42.5 Å². The molecule has 1 unspecified atom stereocenters. The first-order chi connectivity index (χ1) is 10.1. The summed E-state index contributed by atoms with van der Waals surface area (Å²) in [5, 5.41) is 4.01. The quantitative estimate of drug-likeness (QED) is 0.814. The smallest absolute Gasteiger partial charge is 0.123 e. The van der Waals surface area contributed by atoms with E-state index in [2.05, 4.69) is 43.4 Å². The molecule has 0 aromatic heterocycles. The molecule has 2 rings (SSSR count). The van der Waals surface area contributed by atoms with Gasteiger partial charge in [-0.3, -0.25) is 0 Å². The molecular weight excluding hydrogens is 285 g/mol. The Bertz CT molecular complexity index is 580. The molecule has 112 valence electrons. The number of hydrogen-bond donors (Lipinski definition) is 1. The molecule has 1 N–H and O–H groups in total. The van der Waals surface area contributed by atoms with Gasteiger partial charge in [0.25, 0.3) is 0 Å². The topological polar surface area (TPSA) is 12.0 Å². The van der Waals surface area contributed by atoms with Gasteiger partial charge in [0.15, 0.2) is 0 Å². The lowest BCUT2D eigenvalue weighted by Crippen LogP contribution is -2.22. The summed E-state index contributed by atoms with van der Waals surface area (Å²) in [4.78, 5) is 0. The number of benzene rings is 2. The lowest BCUT2D eigenvalue weighted by atomic mass is 9.91. The van der Waals surface area contributed by atoms with Gasteiger partial charge >= 0.3 is 0 Å². The van der Waals surface area contributed by atoms with Crippen molar-refractivity contribution in [2.75, 3.05) is 13.1 Å². The van der Waals surface area contributed by atoms with Crippen molar-refractivity contribution in [1.82, 2.24) is 5.32 Å². The van der Waals surface area contributed by atoms with Crippen LogP contribution in [0.3, 0.4) is 0 Å². The number of halogens is 2. The van der Waals surface area contributed by atoms with Gasteiger partial charge in [0.05, 0.1) is 0 Å². The molecule has 0 aliphatic heterocycles. The minimum Gasteiger partial charge on any atom is -0.316 e. The fourth-order valence-corrected chi connectivity index (χ4v) is 2.62. The SMILES string of the molecule is CCNCC(Cc1cc(F)ccc1Cl)c1ccc(C)cc1. The van der Waals surface area contributed by atoms with E-state index < -0.39 is 0 Å². The molecule has 0 heterocycles. The monoisotopic (exact) mass is 305 g/mol. The van der Waals surface area contributed by atoms with Crippen LogP contribution in [0.4, 0.5) is 4.39 Å². The Labute approximate surface area is 131 Å². The van der Waals surface area contributed by atoms with Gasteiger partial charge in [0.1, 0.15) is 5.82 Å². The largest absolute Gasteiger partial charge is 0.316 e. The third kappa shape index (κ3) is 4.55. The van der Waals surface area contributed by atoms with E-state index in [1.807, 2.05) is 0 Å². The highest BCUT2D eigenvalue weighted by Crippen LogP contribution is 2.26. The second-order valence-electron chi connectivity index (χ2n) is 5.36. The second kappa shape index (κ2) is 7.58. The van der Waals surface area contributed by atoms with Gasteiger partial charge in [-0.15, -0.1) is 0 Å². The summed E-state index contributed by atoms with van der Waals surface area (Å²) in [6.07, 6.45) is 0.729. The standard InChI is InChI=1S/C18H21ClFN/c1-3-21-12-16(14-6-4-13(2)5-7-14)10-15-11-17(20)8-9-18(15)19/h4-9,11,16,21H,3,10,12H2,1-2H3. The molecule has 2 aromatic rings. The van der Waals surface area contributed by atoms with Crippen molar-refractivity contribution < 1.29 is 4.39 Å². The predicted octanol–water partition coefficient (Wildman–Crippen LogP) is 4.72. The Hall–Kier alpha value is -1.38. The van der Waals surface area contributed by atoms with Crippen molar-refractivity contribution in [2.24, 2.45) is 0 Å². The van der Waals surface area contributed by atoms with Crippen molar-refractivity contribution in [1.29, 1.82) is 0 Å². The molecule has 1 atom stereocenters. The summed E-state index contributed by atoms with van der Waals surface area (Å²) in [5.41, 5.74) is 3.35. The predicted molar refractivity (Wildman–Crippen MR) is 87.6 cm³/mol. The third-order valence-corrected chi connectivity index (χ3v) is 4.03. The van der Waals surface area contributed by atoms with E-state index in [9.17, 15) is 4.39 Å². The fourth-order valence-electron chi connectivity index (χ4n) is 2.43. The Morgan fingerprint density at radius 3 is 2.52 bits per heavy atom. The van der Waals surface area contributed by atoms with Crippen LogP contribution in [0.25, 0.3) is 0 Å². The highest BCUT2D eigenvalue weighted by molar-refractivity contribution is 6.31.